The average molecular weight is 337 g/mol. The predicted octanol–water partition coefficient (Wildman–Crippen LogP) is 3.47. The number of nitrogens with one attached hydrogen (secondary N) is 1. The minimum atomic E-state index is -1.27. The number of rotatable bonds is 6. The molecule has 0 aromatic heterocycles. The molecule has 0 spiro atoms. The lowest BCUT2D eigenvalue weighted by molar-refractivity contribution is -0.176. The fourth-order valence-corrected chi connectivity index (χ4v) is 3.44. The third-order valence-electron chi connectivity index (χ3n) is 3.77. The molecule has 0 saturated carbocycles. The third-order valence-corrected chi connectivity index (χ3v) is 4.99. The Morgan fingerprint density at radius 3 is 2.26 bits per heavy atom. The lowest BCUT2D eigenvalue weighted by Gasteiger charge is -2.44. The topological polar surface area (TPSA) is 47.6 Å². The number of hydrogen-bond acceptors (Lipinski definition) is 3. The Labute approximate surface area is 143 Å². The van der Waals surface area contributed by atoms with Gasteiger partial charge in [0.1, 0.15) is 17.3 Å². The van der Waals surface area contributed by atoms with Crippen LogP contribution in [0.3, 0.4) is 0 Å². The van der Waals surface area contributed by atoms with Gasteiger partial charge >= 0.3 is 7.12 Å². The largest absolute Gasteiger partial charge is 0.479 e. The fourth-order valence-electron chi connectivity index (χ4n) is 2.44. The summed E-state index contributed by atoms with van der Waals surface area (Å²) < 4.78 is 27.5. The average Bonchev–Trinajstić information content (AvgIpc) is 2.34. The second kappa shape index (κ2) is 7.47. The van der Waals surface area contributed by atoms with Crippen LogP contribution in [0, 0.1) is 18.3 Å². The molecule has 1 aliphatic rings. The zero-order chi connectivity index (χ0) is 17.2. The first-order chi connectivity index (χ1) is 10.7. The summed E-state index contributed by atoms with van der Waals surface area (Å²) in [6, 6.07) is 7.73. The second-order valence-corrected chi connectivity index (χ2v) is 9.02. The number of aryl methyl sites for hydroxylation is 1. The van der Waals surface area contributed by atoms with Crippen molar-refractivity contribution in [3.8, 4) is 0 Å². The van der Waals surface area contributed by atoms with Crippen LogP contribution in [-0.4, -0.2) is 23.6 Å². The summed E-state index contributed by atoms with van der Waals surface area (Å²) in [5.41, 5.74) is 1.11. The first-order valence-corrected chi connectivity index (χ1v) is 9.37. The van der Waals surface area contributed by atoms with E-state index in [4.69, 9.17) is 9.31 Å². The van der Waals surface area contributed by atoms with E-state index in [2.05, 4.69) is 39.3 Å². The molecule has 4 nitrogen and oxygen atoms in total. The minimum absolute atomic E-state index is 0.0466. The highest BCUT2D eigenvalue weighted by molar-refractivity contribution is 7.83. The van der Waals surface area contributed by atoms with Crippen LogP contribution in [0.2, 0.25) is 0 Å². The van der Waals surface area contributed by atoms with Crippen molar-refractivity contribution in [2.24, 2.45) is 11.3 Å². The molecule has 1 aromatic carbocycles. The van der Waals surface area contributed by atoms with Gasteiger partial charge in [-0.15, -0.1) is 0 Å². The van der Waals surface area contributed by atoms with E-state index in [1.165, 1.54) is 0 Å². The maximum atomic E-state index is 12.6. The van der Waals surface area contributed by atoms with Gasteiger partial charge in [-0.25, -0.2) is 8.93 Å². The monoisotopic (exact) mass is 337 g/mol. The summed E-state index contributed by atoms with van der Waals surface area (Å²) in [5.74, 6) is 0.374. The fraction of sp³-hybridized carbons (Fsp3) is 0.647. The second-order valence-electron chi connectivity index (χ2n) is 7.77. The quantitative estimate of drug-likeness (QED) is 0.809. The van der Waals surface area contributed by atoms with Gasteiger partial charge < -0.3 is 9.31 Å². The van der Waals surface area contributed by atoms with Crippen LogP contribution >= 0.6 is 0 Å². The van der Waals surface area contributed by atoms with Gasteiger partial charge in [0, 0.05) is 5.41 Å². The lowest BCUT2D eigenvalue weighted by atomic mass is 9.71. The van der Waals surface area contributed by atoms with Gasteiger partial charge in [-0.1, -0.05) is 52.3 Å². The van der Waals surface area contributed by atoms with Gasteiger partial charge in [0.05, 0.1) is 10.8 Å². The molecule has 2 rings (SSSR count). The zero-order valence-corrected chi connectivity index (χ0v) is 15.8. The first-order valence-electron chi connectivity index (χ1n) is 8.22. The van der Waals surface area contributed by atoms with Crippen molar-refractivity contribution in [1.29, 1.82) is 0 Å². The van der Waals surface area contributed by atoms with Gasteiger partial charge in [0.2, 0.25) is 0 Å². The van der Waals surface area contributed by atoms with E-state index >= 15 is 0 Å². The molecule has 1 saturated heterocycles. The van der Waals surface area contributed by atoms with E-state index < -0.39 is 11.0 Å². The van der Waals surface area contributed by atoms with Crippen molar-refractivity contribution in [1.82, 2.24) is 4.72 Å². The van der Waals surface area contributed by atoms with E-state index in [9.17, 15) is 4.21 Å². The molecule has 6 heteroatoms. The molecular weight excluding hydrogens is 309 g/mol. The van der Waals surface area contributed by atoms with Crippen LogP contribution in [0.4, 0.5) is 0 Å². The molecule has 1 N–H and O–H groups in total. The summed E-state index contributed by atoms with van der Waals surface area (Å²) in [6.45, 7) is 12.6. The van der Waals surface area contributed by atoms with Crippen molar-refractivity contribution in [2.45, 2.75) is 65.1 Å². The molecule has 128 valence electrons. The Morgan fingerprint density at radius 1 is 1.22 bits per heavy atom. The molecule has 0 amide bonds. The summed E-state index contributed by atoms with van der Waals surface area (Å²) in [7, 11) is -1.61. The van der Waals surface area contributed by atoms with Crippen LogP contribution in [0.25, 0.3) is 0 Å². The summed E-state index contributed by atoms with van der Waals surface area (Å²) >= 11 is 0. The molecule has 0 bridgehead atoms. The summed E-state index contributed by atoms with van der Waals surface area (Å²) in [5, 5.41) is 0. The standard InChI is InChI=1S/C17H28BNO3S/c1-12(2)11-15(18-21-16(22-18)17(4,5)6)19-23(20)14-9-7-13(3)8-10-14/h7-10,12,15-16,19H,11H2,1-6H3/t15-,23+/m0/s1. The van der Waals surface area contributed by atoms with E-state index in [1.54, 1.807) is 0 Å². The van der Waals surface area contributed by atoms with Crippen molar-refractivity contribution < 1.29 is 13.5 Å². The molecule has 1 fully saturated rings. The van der Waals surface area contributed by atoms with E-state index in [-0.39, 0.29) is 24.8 Å². The van der Waals surface area contributed by atoms with Gasteiger partial charge in [-0.3, -0.25) is 0 Å². The van der Waals surface area contributed by atoms with Crippen molar-refractivity contribution in [3.05, 3.63) is 29.8 Å². The van der Waals surface area contributed by atoms with E-state index in [0.717, 1.165) is 16.9 Å². The Balaban J connectivity index is 1.99. The van der Waals surface area contributed by atoms with Gasteiger partial charge in [-0.05, 0) is 31.4 Å². The zero-order valence-electron chi connectivity index (χ0n) is 15.0. The smallest absolute Gasteiger partial charge is 0.385 e. The normalized spacial score (nSPS) is 18.8. The molecule has 1 aliphatic heterocycles. The minimum Gasteiger partial charge on any atom is -0.385 e. The Hall–Kier alpha value is -0.685. The molecule has 0 aliphatic carbocycles. The highest BCUT2D eigenvalue weighted by Crippen LogP contribution is 2.33. The number of hydrogen-bond donors (Lipinski definition) is 1. The van der Waals surface area contributed by atoms with Crippen molar-refractivity contribution in [2.75, 3.05) is 0 Å². The predicted molar refractivity (Wildman–Crippen MR) is 95.1 cm³/mol. The molecule has 1 heterocycles. The third kappa shape index (κ3) is 5.14. The van der Waals surface area contributed by atoms with E-state index in [1.807, 2.05) is 31.2 Å². The molecule has 2 atom stereocenters. The summed E-state index contributed by atoms with van der Waals surface area (Å²) in [4.78, 5) is 0.774. The van der Waals surface area contributed by atoms with Gasteiger partial charge in [0.15, 0.2) is 0 Å². The Morgan fingerprint density at radius 2 is 1.78 bits per heavy atom. The highest BCUT2D eigenvalue weighted by atomic mass is 32.2. The lowest BCUT2D eigenvalue weighted by Crippen LogP contribution is -2.61. The molecular formula is C17H28BNO3S. The molecule has 0 radical (unpaired) electrons. The van der Waals surface area contributed by atoms with Gasteiger partial charge in [0.25, 0.3) is 0 Å². The van der Waals surface area contributed by atoms with Crippen LogP contribution in [0.15, 0.2) is 29.2 Å². The highest BCUT2D eigenvalue weighted by Gasteiger charge is 2.48. The van der Waals surface area contributed by atoms with Crippen LogP contribution in [0.5, 0.6) is 0 Å². The Kier molecular flexibility index (Phi) is 6.06. The van der Waals surface area contributed by atoms with E-state index in [0.29, 0.717) is 5.92 Å². The molecule has 1 aromatic rings. The number of benzene rings is 1. The van der Waals surface area contributed by atoms with Gasteiger partial charge in [-0.2, -0.15) is 0 Å². The van der Waals surface area contributed by atoms with Crippen LogP contribution in [-0.2, 0) is 20.3 Å². The van der Waals surface area contributed by atoms with Crippen LogP contribution in [0.1, 0.15) is 46.6 Å². The summed E-state index contributed by atoms with van der Waals surface area (Å²) in [6.07, 6.45) is 0.649. The van der Waals surface area contributed by atoms with Crippen molar-refractivity contribution >= 4 is 18.1 Å². The molecule has 0 unspecified atom stereocenters. The maximum absolute atomic E-state index is 12.6. The molecule has 23 heavy (non-hydrogen) atoms. The maximum Gasteiger partial charge on any atom is 0.479 e. The SMILES string of the molecule is Cc1ccc([S@@](=O)N[C@@H](CC(C)C)B2OC(C(C)(C)C)O2)cc1. The van der Waals surface area contributed by atoms with Crippen LogP contribution < -0.4 is 4.72 Å². The Bertz CT molecular complexity index is 536. The van der Waals surface area contributed by atoms with Crippen molar-refractivity contribution in [3.63, 3.8) is 0 Å². The first kappa shape index (κ1) is 18.7.